The van der Waals surface area contributed by atoms with Crippen LogP contribution in [0.5, 0.6) is 0 Å². The van der Waals surface area contributed by atoms with Gasteiger partial charge in [-0.15, -0.1) is 0 Å². The van der Waals surface area contributed by atoms with Crippen molar-refractivity contribution in [3.05, 3.63) is 47.9 Å². The summed E-state index contributed by atoms with van der Waals surface area (Å²) >= 11 is 0. The van der Waals surface area contributed by atoms with Gasteiger partial charge in [0.05, 0.1) is 5.56 Å². The Morgan fingerprint density at radius 1 is 1.38 bits per heavy atom. The zero-order valence-electron chi connectivity index (χ0n) is 8.77. The summed E-state index contributed by atoms with van der Waals surface area (Å²) in [6.07, 6.45) is 4.40. The van der Waals surface area contributed by atoms with Crippen molar-refractivity contribution in [2.24, 2.45) is 0 Å². The van der Waals surface area contributed by atoms with Gasteiger partial charge in [0.2, 0.25) is 0 Å². The Kier molecular flexibility index (Phi) is 3.19. The van der Waals surface area contributed by atoms with Crippen LogP contribution in [-0.4, -0.2) is 16.5 Å². The second kappa shape index (κ2) is 4.99. The van der Waals surface area contributed by atoms with Crippen molar-refractivity contribution >= 4 is 5.82 Å². The van der Waals surface area contributed by atoms with E-state index < -0.39 is 0 Å². The molecule has 0 spiro atoms. The first kappa shape index (κ1) is 10.2. The molecule has 0 atom stereocenters. The molecule has 0 saturated heterocycles. The monoisotopic (exact) mass is 212 g/mol. The van der Waals surface area contributed by atoms with Crippen molar-refractivity contribution in [3.8, 4) is 6.07 Å². The van der Waals surface area contributed by atoms with Gasteiger partial charge in [0.15, 0.2) is 0 Å². The van der Waals surface area contributed by atoms with Crippen molar-refractivity contribution in [2.45, 2.75) is 6.42 Å². The predicted octanol–water partition coefficient (Wildman–Crippen LogP) is 1.94. The summed E-state index contributed by atoms with van der Waals surface area (Å²) in [5, 5.41) is 11.8. The van der Waals surface area contributed by atoms with E-state index in [0.717, 1.165) is 18.8 Å². The van der Waals surface area contributed by atoms with Crippen molar-refractivity contribution in [2.75, 3.05) is 11.9 Å². The van der Waals surface area contributed by atoms with E-state index in [9.17, 15) is 0 Å². The third-order valence-corrected chi connectivity index (χ3v) is 2.26. The Bertz CT molecular complexity index is 465. The fourth-order valence-electron chi connectivity index (χ4n) is 1.41. The molecule has 0 aliphatic carbocycles. The van der Waals surface area contributed by atoms with Gasteiger partial charge in [0.1, 0.15) is 11.9 Å². The largest absolute Gasteiger partial charge is 0.370 e. The summed E-state index contributed by atoms with van der Waals surface area (Å²) in [5.41, 5.74) is 1.77. The standard InChI is InChI=1S/C12H12N4/c13-8-10-3-4-12(16-9-10)15-7-5-11-2-1-6-14-11/h1-4,6,9,14H,5,7H2,(H,15,16). The number of nitrogens with zero attached hydrogens (tertiary/aromatic N) is 2. The van der Waals surface area contributed by atoms with Gasteiger partial charge >= 0.3 is 0 Å². The van der Waals surface area contributed by atoms with E-state index in [1.807, 2.05) is 30.5 Å². The highest BCUT2D eigenvalue weighted by molar-refractivity contribution is 5.38. The number of aromatic nitrogens is 2. The van der Waals surface area contributed by atoms with Crippen LogP contribution < -0.4 is 5.32 Å². The highest BCUT2D eigenvalue weighted by Crippen LogP contribution is 2.04. The molecule has 80 valence electrons. The lowest BCUT2D eigenvalue weighted by Crippen LogP contribution is -2.06. The maximum Gasteiger partial charge on any atom is 0.125 e. The number of pyridine rings is 1. The number of aromatic amines is 1. The van der Waals surface area contributed by atoms with Crippen LogP contribution in [0.2, 0.25) is 0 Å². The van der Waals surface area contributed by atoms with Gasteiger partial charge in [-0.05, 0) is 24.3 Å². The summed E-state index contributed by atoms with van der Waals surface area (Å²) in [7, 11) is 0. The van der Waals surface area contributed by atoms with Gasteiger partial charge in [0, 0.05) is 31.1 Å². The number of rotatable bonds is 4. The normalized spacial score (nSPS) is 9.69. The minimum Gasteiger partial charge on any atom is -0.370 e. The van der Waals surface area contributed by atoms with Crippen LogP contribution in [0.25, 0.3) is 0 Å². The van der Waals surface area contributed by atoms with Crippen molar-refractivity contribution < 1.29 is 0 Å². The van der Waals surface area contributed by atoms with Crippen LogP contribution in [0.4, 0.5) is 5.82 Å². The molecule has 2 heterocycles. The molecule has 0 aromatic carbocycles. The van der Waals surface area contributed by atoms with E-state index in [-0.39, 0.29) is 0 Å². The van der Waals surface area contributed by atoms with Crippen LogP contribution in [0, 0.1) is 11.3 Å². The molecule has 0 fully saturated rings. The average Bonchev–Trinajstić information content (AvgIpc) is 2.83. The van der Waals surface area contributed by atoms with Crippen LogP contribution in [-0.2, 0) is 6.42 Å². The smallest absolute Gasteiger partial charge is 0.125 e. The van der Waals surface area contributed by atoms with Gasteiger partial charge in [0.25, 0.3) is 0 Å². The Balaban J connectivity index is 1.83. The third-order valence-electron chi connectivity index (χ3n) is 2.26. The number of H-pyrrole nitrogens is 1. The summed E-state index contributed by atoms with van der Waals surface area (Å²) < 4.78 is 0. The predicted molar refractivity (Wildman–Crippen MR) is 61.9 cm³/mol. The maximum atomic E-state index is 8.62. The van der Waals surface area contributed by atoms with Crippen molar-refractivity contribution in [1.82, 2.24) is 9.97 Å². The fraction of sp³-hybridized carbons (Fsp3) is 0.167. The van der Waals surface area contributed by atoms with E-state index in [1.165, 1.54) is 5.69 Å². The molecule has 0 bridgehead atoms. The Morgan fingerprint density at radius 2 is 2.31 bits per heavy atom. The Morgan fingerprint density at radius 3 is 2.94 bits per heavy atom. The molecule has 0 unspecified atom stereocenters. The van der Waals surface area contributed by atoms with Gasteiger partial charge in [-0.25, -0.2) is 4.98 Å². The van der Waals surface area contributed by atoms with E-state index in [4.69, 9.17) is 5.26 Å². The lowest BCUT2D eigenvalue weighted by molar-refractivity contribution is 0.968. The van der Waals surface area contributed by atoms with Gasteiger partial charge < -0.3 is 10.3 Å². The topological polar surface area (TPSA) is 64.5 Å². The first-order valence-electron chi connectivity index (χ1n) is 5.11. The molecule has 0 aliphatic rings. The molecule has 0 amide bonds. The molecule has 0 radical (unpaired) electrons. The van der Waals surface area contributed by atoms with Crippen molar-refractivity contribution in [1.29, 1.82) is 5.26 Å². The molecule has 0 aliphatic heterocycles. The number of nitrogens with one attached hydrogen (secondary N) is 2. The second-order valence-electron chi connectivity index (χ2n) is 3.42. The second-order valence-corrected chi connectivity index (χ2v) is 3.42. The van der Waals surface area contributed by atoms with Crippen LogP contribution in [0.1, 0.15) is 11.3 Å². The number of anilines is 1. The number of hydrogen-bond acceptors (Lipinski definition) is 3. The molecule has 4 heteroatoms. The molecule has 0 saturated carbocycles. The number of hydrogen-bond donors (Lipinski definition) is 2. The van der Waals surface area contributed by atoms with Gasteiger partial charge in [-0.2, -0.15) is 5.26 Å². The molecular weight excluding hydrogens is 200 g/mol. The first-order valence-corrected chi connectivity index (χ1v) is 5.11. The van der Waals surface area contributed by atoms with Crippen LogP contribution in [0.3, 0.4) is 0 Å². The Hall–Kier alpha value is -2.28. The maximum absolute atomic E-state index is 8.62. The first-order chi connectivity index (χ1) is 7.88. The lowest BCUT2D eigenvalue weighted by Gasteiger charge is -2.03. The zero-order chi connectivity index (χ0) is 11.2. The molecule has 2 aromatic rings. The van der Waals surface area contributed by atoms with E-state index in [1.54, 1.807) is 12.3 Å². The molecular formula is C12H12N4. The Labute approximate surface area is 94.0 Å². The molecule has 2 aromatic heterocycles. The van der Waals surface area contributed by atoms with Crippen LogP contribution >= 0.6 is 0 Å². The minimum absolute atomic E-state index is 0.579. The number of nitriles is 1. The highest BCUT2D eigenvalue weighted by Gasteiger charge is 1.95. The van der Waals surface area contributed by atoms with Crippen molar-refractivity contribution in [3.63, 3.8) is 0 Å². The van der Waals surface area contributed by atoms with E-state index >= 15 is 0 Å². The lowest BCUT2D eigenvalue weighted by atomic mass is 10.3. The third kappa shape index (κ3) is 2.61. The fourth-order valence-corrected chi connectivity index (χ4v) is 1.41. The minimum atomic E-state index is 0.579. The molecule has 2 rings (SSSR count). The summed E-state index contributed by atoms with van der Waals surface area (Å²) in [5.74, 6) is 0.797. The summed E-state index contributed by atoms with van der Waals surface area (Å²) in [4.78, 5) is 7.26. The molecule has 16 heavy (non-hydrogen) atoms. The quantitative estimate of drug-likeness (QED) is 0.814. The van der Waals surface area contributed by atoms with Gasteiger partial charge in [-0.1, -0.05) is 0 Å². The SMILES string of the molecule is N#Cc1ccc(NCCc2ccc[nH]2)nc1. The van der Waals surface area contributed by atoms with Crippen LogP contribution in [0.15, 0.2) is 36.7 Å². The zero-order valence-corrected chi connectivity index (χ0v) is 8.77. The summed E-state index contributed by atoms with van der Waals surface area (Å²) in [6, 6.07) is 9.64. The highest BCUT2D eigenvalue weighted by atomic mass is 15.0. The summed E-state index contributed by atoms with van der Waals surface area (Å²) in [6.45, 7) is 0.819. The molecule has 2 N–H and O–H groups in total. The van der Waals surface area contributed by atoms with Gasteiger partial charge in [-0.3, -0.25) is 0 Å². The van der Waals surface area contributed by atoms with E-state index in [2.05, 4.69) is 15.3 Å². The average molecular weight is 212 g/mol. The van der Waals surface area contributed by atoms with E-state index in [0.29, 0.717) is 5.56 Å². The molecule has 4 nitrogen and oxygen atoms in total.